The molecular formula is C14H13N5O. The number of nitrogens with zero attached hydrogens (tertiary/aromatic N) is 3. The summed E-state index contributed by atoms with van der Waals surface area (Å²) in [6, 6.07) is 7.18. The van der Waals surface area contributed by atoms with E-state index in [-0.39, 0.29) is 0 Å². The Bertz CT molecular complexity index is 767. The van der Waals surface area contributed by atoms with Gasteiger partial charge in [-0.15, -0.1) is 0 Å². The van der Waals surface area contributed by atoms with Crippen LogP contribution in [0.5, 0.6) is 0 Å². The average molecular weight is 267 g/mol. The quantitative estimate of drug-likeness (QED) is 0.743. The van der Waals surface area contributed by atoms with Crippen LogP contribution in [-0.2, 0) is 10.2 Å². The number of carbonyl (C=O) groups excluding carboxylic acids is 1. The van der Waals surface area contributed by atoms with Crippen LogP contribution < -0.4 is 5.73 Å². The molecule has 100 valence electrons. The maximum absolute atomic E-state index is 12.0. The van der Waals surface area contributed by atoms with Gasteiger partial charge in [-0.05, 0) is 25.1 Å². The molecular weight excluding hydrogens is 254 g/mol. The number of carbonyl (C=O) groups is 1. The smallest absolute Gasteiger partial charge is 0.235 e. The second-order valence-electron chi connectivity index (χ2n) is 4.72. The number of nitrogens with one attached hydrogen (secondary N) is 1. The molecule has 0 aromatic carbocycles. The summed E-state index contributed by atoms with van der Waals surface area (Å²) in [6.07, 6.45) is 5.00. The number of fused-ring (bicyclic) bond motifs is 1. The van der Waals surface area contributed by atoms with Crippen molar-refractivity contribution in [3.05, 3.63) is 54.2 Å². The summed E-state index contributed by atoms with van der Waals surface area (Å²) in [5, 5.41) is 7.68. The zero-order valence-corrected chi connectivity index (χ0v) is 10.9. The van der Waals surface area contributed by atoms with Gasteiger partial charge in [0.1, 0.15) is 10.9 Å². The molecule has 0 spiro atoms. The number of amides is 1. The summed E-state index contributed by atoms with van der Waals surface area (Å²) in [7, 11) is 0. The molecule has 6 nitrogen and oxygen atoms in total. The van der Waals surface area contributed by atoms with Gasteiger partial charge in [0.15, 0.2) is 0 Å². The van der Waals surface area contributed by atoms with Crippen molar-refractivity contribution >= 4 is 16.8 Å². The summed E-state index contributed by atoms with van der Waals surface area (Å²) in [5.41, 5.74) is 6.40. The van der Waals surface area contributed by atoms with Crippen molar-refractivity contribution < 1.29 is 4.79 Å². The number of rotatable bonds is 3. The number of primary amides is 1. The summed E-state index contributed by atoms with van der Waals surface area (Å²) in [6.45, 7) is 1.73. The lowest BCUT2D eigenvalue weighted by molar-refractivity contribution is -0.121. The Morgan fingerprint density at radius 1 is 1.30 bits per heavy atom. The Labute approximate surface area is 115 Å². The van der Waals surface area contributed by atoms with Crippen molar-refractivity contribution in [2.45, 2.75) is 12.3 Å². The predicted octanol–water partition coefficient (Wildman–Crippen LogP) is 1.14. The lowest BCUT2D eigenvalue weighted by atomic mass is 9.81. The first-order chi connectivity index (χ1) is 9.62. The zero-order chi connectivity index (χ0) is 14.2. The molecule has 3 rings (SSSR count). The van der Waals surface area contributed by atoms with E-state index >= 15 is 0 Å². The lowest BCUT2D eigenvalue weighted by Crippen LogP contribution is -2.40. The van der Waals surface area contributed by atoms with Crippen LogP contribution in [0.15, 0.2) is 42.9 Å². The van der Waals surface area contributed by atoms with Crippen molar-refractivity contribution in [3.8, 4) is 0 Å². The molecule has 0 aliphatic carbocycles. The van der Waals surface area contributed by atoms with Crippen molar-refractivity contribution in [2.75, 3.05) is 0 Å². The zero-order valence-electron chi connectivity index (χ0n) is 10.9. The Hall–Kier alpha value is -2.76. The van der Waals surface area contributed by atoms with Crippen LogP contribution in [0.25, 0.3) is 10.9 Å². The van der Waals surface area contributed by atoms with E-state index in [2.05, 4.69) is 20.2 Å². The van der Waals surface area contributed by atoms with E-state index < -0.39 is 11.3 Å². The van der Waals surface area contributed by atoms with Gasteiger partial charge in [0.05, 0.1) is 17.6 Å². The topological polar surface area (TPSA) is 97.6 Å². The van der Waals surface area contributed by atoms with Gasteiger partial charge in [-0.1, -0.05) is 6.07 Å². The van der Waals surface area contributed by atoms with Crippen molar-refractivity contribution in [1.29, 1.82) is 0 Å². The van der Waals surface area contributed by atoms with E-state index in [0.29, 0.717) is 11.4 Å². The molecule has 3 N–H and O–H groups in total. The summed E-state index contributed by atoms with van der Waals surface area (Å²) < 4.78 is 0. The van der Waals surface area contributed by atoms with Crippen molar-refractivity contribution in [2.24, 2.45) is 5.73 Å². The number of hydrogen-bond acceptors (Lipinski definition) is 4. The van der Waals surface area contributed by atoms with Gasteiger partial charge < -0.3 is 5.73 Å². The first-order valence-corrected chi connectivity index (χ1v) is 6.14. The minimum absolute atomic E-state index is 0.494. The van der Waals surface area contributed by atoms with Gasteiger partial charge in [-0.3, -0.25) is 19.9 Å². The van der Waals surface area contributed by atoms with Gasteiger partial charge in [-0.2, -0.15) is 5.10 Å². The van der Waals surface area contributed by atoms with E-state index in [9.17, 15) is 4.79 Å². The Kier molecular flexibility index (Phi) is 2.71. The molecule has 1 atom stereocenters. The van der Waals surface area contributed by atoms with E-state index in [1.54, 1.807) is 43.7 Å². The van der Waals surface area contributed by atoms with Gasteiger partial charge in [0, 0.05) is 17.8 Å². The normalized spacial score (nSPS) is 14.1. The number of H-pyrrole nitrogens is 1. The third kappa shape index (κ3) is 1.73. The number of pyridine rings is 2. The van der Waals surface area contributed by atoms with E-state index in [4.69, 9.17) is 5.73 Å². The third-order valence-corrected chi connectivity index (χ3v) is 3.50. The van der Waals surface area contributed by atoms with Crippen LogP contribution in [0.4, 0.5) is 0 Å². The first-order valence-electron chi connectivity index (χ1n) is 6.14. The minimum Gasteiger partial charge on any atom is -0.369 e. The second-order valence-corrected chi connectivity index (χ2v) is 4.72. The number of hydrogen-bond donors (Lipinski definition) is 2. The molecule has 0 fully saturated rings. The Morgan fingerprint density at radius 3 is 2.85 bits per heavy atom. The number of nitrogens with two attached hydrogens (primary N) is 1. The molecule has 0 saturated carbocycles. The van der Waals surface area contributed by atoms with Crippen LogP contribution in [0, 0.1) is 0 Å². The predicted molar refractivity (Wildman–Crippen MR) is 73.8 cm³/mol. The number of aromatic nitrogens is 4. The minimum atomic E-state index is -1.08. The lowest BCUT2D eigenvalue weighted by Gasteiger charge is -2.24. The largest absolute Gasteiger partial charge is 0.369 e. The molecule has 20 heavy (non-hydrogen) atoms. The molecule has 1 unspecified atom stereocenters. The molecule has 1 amide bonds. The fraction of sp³-hybridized carbons (Fsp3) is 0.143. The molecule has 3 aromatic heterocycles. The van der Waals surface area contributed by atoms with Crippen LogP contribution in [0.1, 0.15) is 18.3 Å². The third-order valence-electron chi connectivity index (χ3n) is 3.50. The van der Waals surface area contributed by atoms with Crippen LogP contribution in [0.3, 0.4) is 0 Å². The first kappa shape index (κ1) is 12.3. The molecule has 3 aromatic rings. The molecule has 0 aliphatic rings. The van der Waals surface area contributed by atoms with E-state index in [1.807, 2.05) is 6.07 Å². The SMILES string of the molecule is CC(C(N)=O)(c1ccccn1)c1cc2c[nH]nc2cn1. The van der Waals surface area contributed by atoms with Crippen LogP contribution in [-0.4, -0.2) is 26.1 Å². The molecule has 6 heteroatoms. The van der Waals surface area contributed by atoms with Gasteiger partial charge in [0.2, 0.25) is 5.91 Å². The van der Waals surface area contributed by atoms with Crippen molar-refractivity contribution in [3.63, 3.8) is 0 Å². The maximum Gasteiger partial charge on any atom is 0.235 e. The summed E-state index contributed by atoms with van der Waals surface area (Å²) >= 11 is 0. The molecule has 0 aliphatic heterocycles. The summed E-state index contributed by atoms with van der Waals surface area (Å²) in [4.78, 5) is 20.6. The maximum atomic E-state index is 12.0. The molecule has 0 radical (unpaired) electrons. The van der Waals surface area contributed by atoms with E-state index in [1.165, 1.54) is 0 Å². The van der Waals surface area contributed by atoms with Crippen LogP contribution in [0.2, 0.25) is 0 Å². The highest BCUT2D eigenvalue weighted by Gasteiger charge is 2.38. The Morgan fingerprint density at radius 2 is 2.15 bits per heavy atom. The fourth-order valence-electron chi connectivity index (χ4n) is 2.16. The van der Waals surface area contributed by atoms with Crippen molar-refractivity contribution in [1.82, 2.24) is 20.2 Å². The highest BCUT2D eigenvalue weighted by molar-refractivity contribution is 5.90. The number of aromatic amines is 1. The monoisotopic (exact) mass is 267 g/mol. The van der Waals surface area contributed by atoms with Gasteiger partial charge in [0.25, 0.3) is 0 Å². The standard InChI is InChI=1S/C14H13N5O/c1-14(13(15)20,11-4-2-3-5-16-11)12-6-9-7-18-19-10(9)8-17-12/h2-8H,1H3,(H2,15,20)(H,18,19). The highest BCUT2D eigenvalue weighted by atomic mass is 16.1. The summed E-state index contributed by atoms with van der Waals surface area (Å²) in [5.74, 6) is -0.494. The fourth-order valence-corrected chi connectivity index (χ4v) is 2.16. The average Bonchev–Trinajstić information content (AvgIpc) is 2.94. The van der Waals surface area contributed by atoms with Gasteiger partial charge >= 0.3 is 0 Å². The van der Waals surface area contributed by atoms with E-state index in [0.717, 1.165) is 10.9 Å². The molecule has 0 saturated heterocycles. The van der Waals surface area contributed by atoms with Gasteiger partial charge in [-0.25, -0.2) is 0 Å². The van der Waals surface area contributed by atoms with Crippen LogP contribution >= 0.6 is 0 Å². The molecule has 3 heterocycles. The highest BCUT2D eigenvalue weighted by Crippen LogP contribution is 2.30. The second kappa shape index (κ2) is 4.41. The Balaban J connectivity index is 2.22. The molecule has 0 bridgehead atoms.